The first-order chi connectivity index (χ1) is 16.5. The van der Waals surface area contributed by atoms with Crippen LogP contribution in [0.15, 0.2) is 48.7 Å². The molecule has 8 nitrogen and oxygen atoms in total. The van der Waals surface area contributed by atoms with E-state index in [0.717, 1.165) is 35.0 Å². The molecule has 0 radical (unpaired) electrons. The predicted octanol–water partition coefficient (Wildman–Crippen LogP) is 4.09. The molecule has 5 rings (SSSR count). The number of piperidine rings is 1. The largest absolute Gasteiger partial charge is 0.497 e. The van der Waals surface area contributed by atoms with Gasteiger partial charge in [0.05, 0.1) is 22.9 Å². The third-order valence-corrected chi connectivity index (χ3v) is 6.98. The van der Waals surface area contributed by atoms with Crippen molar-refractivity contribution in [1.29, 1.82) is 0 Å². The van der Waals surface area contributed by atoms with Gasteiger partial charge in [-0.2, -0.15) is 0 Å². The number of hydrogen-bond donors (Lipinski definition) is 1. The quantitative estimate of drug-likeness (QED) is 0.334. The molecule has 34 heavy (non-hydrogen) atoms. The molecule has 1 fully saturated rings. The van der Waals surface area contributed by atoms with Crippen LogP contribution in [0.25, 0.3) is 21.1 Å². The lowest BCUT2D eigenvalue weighted by Gasteiger charge is -2.25. The fraction of sp³-hybridized carbons (Fsp3) is 0.280. The predicted molar refractivity (Wildman–Crippen MR) is 132 cm³/mol. The van der Waals surface area contributed by atoms with E-state index in [2.05, 4.69) is 10.3 Å². The number of anilines is 1. The van der Waals surface area contributed by atoms with Crippen LogP contribution in [0.1, 0.15) is 29.6 Å². The van der Waals surface area contributed by atoms with Crippen molar-refractivity contribution < 1.29 is 19.1 Å². The van der Waals surface area contributed by atoms with Crippen LogP contribution in [-0.4, -0.2) is 52.2 Å². The molecule has 9 heteroatoms. The van der Waals surface area contributed by atoms with E-state index in [1.165, 1.54) is 11.3 Å². The zero-order valence-corrected chi connectivity index (χ0v) is 19.6. The molecule has 1 aliphatic rings. The maximum absolute atomic E-state index is 13.1. The highest BCUT2D eigenvalue weighted by Gasteiger charge is 2.27. The number of ether oxygens (including phenoxy) is 1. The lowest BCUT2D eigenvalue weighted by molar-refractivity contribution is -0.127. The smallest absolute Gasteiger partial charge is 0.295 e. The average molecular weight is 477 g/mol. The number of benzene rings is 2. The topological polar surface area (TPSA) is 93.5 Å². The van der Waals surface area contributed by atoms with Crippen molar-refractivity contribution in [3.8, 4) is 5.75 Å². The molecule has 2 aromatic heterocycles. The second-order valence-electron chi connectivity index (χ2n) is 8.27. The van der Waals surface area contributed by atoms with Crippen LogP contribution in [0.3, 0.4) is 0 Å². The summed E-state index contributed by atoms with van der Waals surface area (Å²) in [4.78, 5) is 44.8. The minimum atomic E-state index is -0.530. The molecule has 0 saturated carbocycles. The number of thiazole rings is 1. The molecule has 2 amide bonds. The van der Waals surface area contributed by atoms with Crippen molar-refractivity contribution in [3.05, 3.63) is 54.2 Å². The van der Waals surface area contributed by atoms with Gasteiger partial charge in [0.15, 0.2) is 5.13 Å². The fourth-order valence-corrected chi connectivity index (χ4v) is 5.18. The Kier molecular flexibility index (Phi) is 6.02. The van der Waals surface area contributed by atoms with E-state index in [9.17, 15) is 14.4 Å². The number of aromatic nitrogens is 2. The maximum Gasteiger partial charge on any atom is 0.295 e. The zero-order valence-electron chi connectivity index (χ0n) is 18.7. The van der Waals surface area contributed by atoms with E-state index in [1.807, 2.05) is 36.4 Å². The normalized spacial score (nSPS) is 13.9. The van der Waals surface area contributed by atoms with Gasteiger partial charge in [0, 0.05) is 36.3 Å². The number of rotatable bonds is 6. The average Bonchev–Trinajstić information content (AvgIpc) is 3.43. The van der Waals surface area contributed by atoms with Crippen molar-refractivity contribution in [2.45, 2.75) is 25.8 Å². The summed E-state index contributed by atoms with van der Waals surface area (Å²) in [6, 6.07) is 12.9. The van der Waals surface area contributed by atoms with Crippen LogP contribution in [0, 0.1) is 0 Å². The Hall–Kier alpha value is -3.72. The van der Waals surface area contributed by atoms with Gasteiger partial charge < -0.3 is 19.5 Å². The zero-order chi connectivity index (χ0) is 23.7. The van der Waals surface area contributed by atoms with Crippen LogP contribution in [-0.2, 0) is 16.1 Å². The van der Waals surface area contributed by atoms with E-state index < -0.39 is 11.7 Å². The van der Waals surface area contributed by atoms with Crippen LogP contribution in [0.5, 0.6) is 5.75 Å². The minimum absolute atomic E-state index is 0.00898. The van der Waals surface area contributed by atoms with Gasteiger partial charge in [-0.25, -0.2) is 4.98 Å². The highest BCUT2D eigenvalue weighted by atomic mass is 32.1. The molecule has 174 valence electrons. The summed E-state index contributed by atoms with van der Waals surface area (Å²) in [7, 11) is 1.59. The third kappa shape index (κ3) is 4.26. The van der Waals surface area contributed by atoms with E-state index in [0.29, 0.717) is 34.9 Å². The summed E-state index contributed by atoms with van der Waals surface area (Å²) in [5.41, 5.74) is 1.79. The highest BCUT2D eigenvalue weighted by Crippen LogP contribution is 2.29. The van der Waals surface area contributed by atoms with Crippen molar-refractivity contribution in [2.75, 3.05) is 25.5 Å². The molecular formula is C25H24N4O4S. The second kappa shape index (κ2) is 9.26. The molecule has 1 N–H and O–H groups in total. The SMILES string of the molecule is COc1ccc2sc(NC(=O)Cn3cc(C(=O)C(=O)N4CCCCC4)c4ccccc43)nc2c1. The number of likely N-dealkylation sites (tertiary alicyclic amines) is 1. The molecule has 0 spiro atoms. The van der Waals surface area contributed by atoms with Gasteiger partial charge in [-0.1, -0.05) is 29.5 Å². The first kappa shape index (κ1) is 22.1. The van der Waals surface area contributed by atoms with E-state index in [4.69, 9.17) is 4.74 Å². The highest BCUT2D eigenvalue weighted by molar-refractivity contribution is 7.22. The lowest BCUT2D eigenvalue weighted by Crippen LogP contribution is -2.40. The number of Topliss-reactive ketones (excluding diaryl/α,β-unsaturated/α-hetero) is 1. The van der Waals surface area contributed by atoms with Gasteiger partial charge in [0.25, 0.3) is 11.7 Å². The van der Waals surface area contributed by atoms with E-state index >= 15 is 0 Å². The molecule has 0 aliphatic carbocycles. The van der Waals surface area contributed by atoms with Gasteiger partial charge in [-0.05, 0) is 37.5 Å². The number of nitrogens with one attached hydrogen (secondary N) is 1. The van der Waals surface area contributed by atoms with E-state index in [-0.39, 0.29) is 12.5 Å². The number of fused-ring (bicyclic) bond motifs is 2. The molecule has 0 unspecified atom stereocenters. The standard InChI is InChI=1S/C25H24N4O4S/c1-33-16-9-10-21-19(13-16)26-25(34-21)27-22(30)15-29-14-18(17-7-3-4-8-20(17)29)23(31)24(32)28-11-5-2-6-12-28/h3-4,7-10,13-14H,2,5-6,11-12,15H2,1H3,(H,26,27,30). The van der Waals surface area contributed by atoms with Gasteiger partial charge in [-0.15, -0.1) is 0 Å². The lowest BCUT2D eigenvalue weighted by atomic mass is 10.1. The molecule has 2 aromatic carbocycles. The molecule has 1 aliphatic heterocycles. The third-order valence-electron chi connectivity index (χ3n) is 6.03. The van der Waals surface area contributed by atoms with Crippen molar-refractivity contribution in [3.63, 3.8) is 0 Å². The summed E-state index contributed by atoms with van der Waals surface area (Å²) in [5, 5.41) is 3.99. The number of hydrogen-bond acceptors (Lipinski definition) is 6. The summed E-state index contributed by atoms with van der Waals surface area (Å²) in [6.07, 6.45) is 4.52. The number of carbonyl (C=O) groups is 3. The summed E-state index contributed by atoms with van der Waals surface area (Å²) in [6.45, 7) is 1.21. The minimum Gasteiger partial charge on any atom is -0.497 e. The number of carbonyl (C=O) groups excluding carboxylic acids is 3. The molecule has 0 atom stereocenters. The Morgan fingerprint density at radius 2 is 1.88 bits per heavy atom. The molecular weight excluding hydrogens is 452 g/mol. The Bertz CT molecular complexity index is 1400. The Labute approximate surface area is 200 Å². The van der Waals surface area contributed by atoms with Crippen molar-refractivity contribution in [1.82, 2.24) is 14.5 Å². The van der Waals surface area contributed by atoms with Gasteiger partial charge in [0.1, 0.15) is 12.3 Å². The number of methoxy groups -OCH3 is 1. The monoisotopic (exact) mass is 476 g/mol. The van der Waals surface area contributed by atoms with Crippen LogP contribution < -0.4 is 10.1 Å². The maximum atomic E-state index is 13.1. The number of para-hydroxylation sites is 1. The summed E-state index contributed by atoms with van der Waals surface area (Å²) >= 11 is 1.38. The molecule has 1 saturated heterocycles. The fourth-order valence-electron chi connectivity index (χ4n) is 4.32. The molecule has 4 aromatic rings. The first-order valence-electron chi connectivity index (χ1n) is 11.2. The Morgan fingerprint density at radius 1 is 1.09 bits per heavy atom. The number of ketones is 1. The number of amides is 2. The summed E-state index contributed by atoms with van der Waals surface area (Å²) < 4.78 is 7.87. The van der Waals surface area contributed by atoms with Gasteiger partial charge in [0.2, 0.25) is 5.91 Å². The van der Waals surface area contributed by atoms with Gasteiger partial charge >= 0.3 is 0 Å². The molecule has 0 bridgehead atoms. The van der Waals surface area contributed by atoms with Crippen molar-refractivity contribution >= 4 is 55.2 Å². The Balaban J connectivity index is 1.37. The molecule has 3 heterocycles. The first-order valence-corrected chi connectivity index (χ1v) is 12.0. The van der Waals surface area contributed by atoms with Crippen LogP contribution in [0.2, 0.25) is 0 Å². The number of nitrogens with zero attached hydrogens (tertiary/aromatic N) is 3. The van der Waals surface area contributed by atoms with Crippen molar-refractivity contribution in [2.24, 2.45) is 0 Å². The van der Waals surface area contributed by atoms with Crippen LogP contribution in [0.4, 0.5) is 5.13 Å². The summed E-state index contributed by atoms with van der Waals surface area (Å²) in [5.74, 6) is -0.576. The van der Waals surface area contributed by atoms with Gasteiger partial charge in [-0.3, -0.25) is 14.4 Å². The van der Waals surface area contributed by atoms with E-state index in [1.54, 1.807) is 28.8 Å². The van der Waals surface area contributed by atoms with Crippen LogP contribution >= 0.6 is 11.3 Å². The second-order valence-corrected chi connectivity index (χ2v) is 9.30. The Morgan fingerprint density at radius 3 is 2.68 bits per heavy atom.